The van der Waals surface area contributed by atoms with Gasteiger partial charge in [0.25, 0.3) is 10.2 Å². The zero-order chi connectivity index (χ0) is 14.1. The van der Waals surface area contributed by atoms with Crippen LogP contribution in [0.5, 0.6) is 0 Å². The van der Waals surface area contributed by atoms with Crippen LogP contribution < -0.4 is 15.0 Å². The molecular weight excluding hydrogens is 278 g/mol. The van der Waals surface area contributed by atoms with E-state index >= 15 is 0 Å². The van der Waals surface area contributed by atoms with Gasteiger partial charge in [-0.2, -0.15) is 8.42 Å². The third-order valence-electron chi connectivity index (χ3n) is 2.34. The molecule has 5 N–H and O–H groups in total. The van der Waals surface area contributed by atoms with Crippen molar-refractivity contribution in [2.24, 2.45) is 10.3 Å². The SMILES string of the molecule is CCc1cc(S(N)(=O)=O)cc(C)c1NS(N)(=O)=O. The van der Waals surface area contributed by atoms with Gasteiger partial charge in [0.05, 0.1) is 10.6 Å². The standard InChI is InChI=1S/C9H15N3O4S2/c1-3-7-5-8(17(10,13)14)4-6(2)9(7)12-18(11,15)16/h4-5,12H,3H2,1-2H3,(H2,10,13,14)(H2,11,15,16). The van der Waals surface area contributed by atoms with Gasteiger partial charge in [0.1, 0.15) is 0 Å². The van der Waals surface area contributed by atoms with Crippen molar-refractivity contribution in [3.63, 3.8) is 0 Å². The molecule has 0 fully saturated rings. The number of hydrogen-bond donors (Lipinski definition) is 3. The van der Waals surface area contributed by atoms with Gasteiger partial charge in [0.15, 0.2) is 0 Å². The fourth-order valence-electron chi connectivity index (χ4n) is 1.56. The quantitative estimate of drug-likeness (QED) is 0.710. The third-order valence-corrected chi connectivity index (χ3v) is 3.73. The molecule has 1 rings (SSSR count). The number of rotatable bonds is 4. The molecule has 0 aromatic heterocycles. The Hall–Kier alpha value is -1.16. The van der Waals surface area contributed by atoms with Gasteiger partial charge in [-0.1, -0.05) is 6.92 Å². The maximum absolute atomic E-state index is 11.3. The first-order valence-electron chi connectivity index (χ1n) is 5.01. The summed E-state index contributed by atoms with van der Waals surface area (Å²) in [4.78, 5) is -0.0585. The lowest BCUT2D eigenvalue weighted by atomic mass is 10.1. The van der Waals surface area contributed by atoms with Crippen LogP contribution in [0.15, 0.2) is 17.0 Å². The molecule has 102 valence electrons. The van der Waals surface area contributed by atoms with Crippen molar-refractivity contribution < 1.29 is 16.8 Å². The molecule has 0 aliphatic rings. The van der Waals surface area contributed by atoms with E-state index in [1.54, 1.807) is 13.8 Å². The molecule has 9 heteroatoms. The van der Waals surface area contributed by atoms with Gasteiger partial charge >= 0.3 is 0 Å². The maximum Gasteiger partial charge on any atom is 0.296 e. The van der Waals surface area contributed by atoms with E-state index in [2.05, 4.69) is 4.72 Å². The number of benzene rings is 1. The van der Waals surface area contributed by atoms with Gasteiger partial charge in [-0.3, -0.25) is 4.72 Å². The minimum absolute atomic E-state index is 0.0585. The highest BCUT2D eigenvalue weighted by Crippen LogP contribution is 2.25. The molecule has 1 aromatic carbocycles. The van der Waals surface area contributed by atoms with Gasteiger partial charge in [-0.05, 0) is 36.6 Å². The summed E-state index contributed by atoms with van der Waals surface area (Å²) in [5.41, 5.74) is 1.23. The molecule has 7 nitrogen and oxygen atoms in total. The van der Waals surface area contributed by atoms with Crippen molar-refractivity contribution in [2.45, 2.75) is 25.2 Å². The van der Waals surface area contributed by atoms with E-state index in [-0.39, 0.29) is 10.6 Å². The van der Waals surface area contributed by atoms with E-state index in [9.17, 15) is 16.8 Å². The van der Waals surface area contributed by atoms with Crippen LogP contribution in [0.25, 0.3) is 0 Å². The lowest BCUT2D eigenvalue weighted by Gasteiger charge is -2.14. The van der Waals surface area contributed by atoms with E-state index in [0.717, 1.165) is 0 Å². The van der Waals surface area contributed by atoms with Crippen LogP contribution in [0.3, 0.4) is 0 Å². The summed E-state index contributed by atoms with van der Waals surface area (Å²) in [6.07, 6.45) is 0.433. The molecule has 1 aromatic rings. The molecule has 18 heavy (non-hydrogen) atoms. The van der Waals surface area contributed by atoms with Gasteiger partial charge in [0, 0.05) is 0 Å². The van der Waals surface area contributed by atoms with Gasteiger partial charge in [0.2, 0.25) is 10.0 Å². The summed E-state index contributed by atoms with van der Waals surface area (Å²) in [5.74, 6) is 0. The van der Waals surface area contributed by atoms with Crippen LogP contribution >= 0.6 is 0 Å². The second-order valence-corrected chi connectivity index (χ2v) is 6.68. The first-order valence-corrected chi connectivity index (χ1v) is 8.10. The lowest BCUT2D eigenvalue weighted by Crippen LogP contribution is -2.23. The highest BCUT2D eigenvalue weighted by molar-refractivity contribution is 7.90. The molecule has 0 spiro atoms. The van der Waals surface area contributed by atoms with E-state index in [4.69, 9.17) is 10.3 Å². The van der Waals surface area contributed by atoms with Crippen molar-refractivity contribution in [2.75, 3.05) is 4.72 Å². The zero-order valence-corrected chi connectivity index (χ0v) is 11.6. The van der Waals surface area contributed by atoms with Gasteiger partial charge < -0.3 is 0 Å². The van der Waals surface area contributed by atoms with Gasteiger partial charge in [-0.25, -0.2) is 18.7 Å². The van der Waals surface area contributed by atoms with E-state index in [1.165, 1.54) is 12.1 Å². The molecule has 0 aliphatic heterocycles. The Bertz CT molecular complexity index is 665. The number of nitrogens with one attached hydrogen (secondary N) is 1. The molecule has 0 amide bonds. The minimum Gasteiger partial charge on any atom is -0.271 e. The van der Waals surface area contributed by atoms with Crippen molar-refractivity contribution in [1.29, 1.82) is 0 Å². The number of nitrogens with two attached hydrogens (primary N) is 2. The first-order chi connectivity index (χ1) is 8.04. The molecule has 0 bridgehead atoms. The Balaban J connectivity index is 3.48. The average molecular weight is 293 g/mol. The number of sulfonamides is 1. The van der Waals surface area contributed by atoms with E-state index in [0.29, 0.717) is 17.5 Å². The number of aryl methyl sites for hydroxylation is 2. The van der Waals surface area contributed by atoms with E-state index < -0.39 is 20.2 Å². The van der Waals surface area contributed by atoms with Crippen molar-refractivity contribution >= 4 is 25.9 Å². The number of anilines is 1. The molecular formula is C9H15N3O4S2. The molecule has 0 saturated carbocycles. The monoisotopic (exact) mass is 293 g/mol. The topological polar surface area (TPSA) is 132 Å². The van der Waals surface area contributed by atoms with Crippen LogP contribution in [0.1, 0.15) is 18.1 Å². The Kier molecular flexibility index (Phi) is 4.01. The van der Waals surface area contributed by atoms with E-state index in [1.807, 2.05) is 0 Å². The normalized spacial score (nSPS) is 12.4. The summed E-state index contributed by atoms with van der Waals surface area (Å²) in [6.45, 7) is 3.33. The van der Waals surface area contributed by atoms with Crippen LogP contribution in [0.2, 0.25) is 0 Å². The molecule has 0 unspecified atom stereocenters. The Morgan fingerprint density at radius 2 is 1.72 bits per heavy atom. The molecule has 0 saturated heterocycles. The zero-order valence-electron chi connectivity index (χ0n) is 9.97. The van der Waals surface area contributed by atoms with Crippen molar-refractivity contribution in [1.82, 2.24) is 0 Å². The second kappa shape index (κ2) is 4.84. The minimum atomic E-state index is -3.91. The highest BCUT2D eigenvalue weighted by Gasteiger charge is 2.15. The summed E-state index contributed by atoms with van der Waals surface area (Å²) < 4.78 is 46.7. The van der Waals surface area contributed by atoms with Crippen LogP contribution in [0.4, 0.5) is 5.69 Å². The summed E-state index contributed by atoms with van der Waals surface area (Å²) in [7, 11) is -7.74. The molecule has 0 atom stereocenters. The lowest BCUT2D eigenvalue weighted by molar-refractivity contribution is 0.597. The van der Waals surface area contributed by atoms with Gasteiger partial charge in [-0.15, -0.1) is 0 Å². The summed E-state index contributed by atoms with van der Waals surface area (Å²) >= 11 is 0. The summed E-state index contributed by atoms with van der Waals surface area (Å²) in [5, 5.41) is 9.94. The molecule has 0 heterocycles. The largest absolute Gasteiger partial charge is 0.296 e. The molecule has 0 aliphatic carbocycles. The second-order valence-electron chi connectivity index (χ2n) is 3.82. The molecule has 0 radical (unpaired) electrons. The Morgan fingerprint density at radius 1 is 1.17 bits per heavy atom. The van der Waals surface area contributed by atoms with Crippen molar-refractivity contribution in [3.8, 4) is 0 Å². The smallest absolute Gasteiger partial charge is 0.271 e. The maximum atomic E-state index is 11.3. The van der Waals surface area contributed by atoms with Crippen LogP contribution in [-0.4, -0.2) is 16.8 Å². The Labute approximate surface area is 106 Å². The van der Waals surface area contributed by atoms with Crippen molar-refractivity contribution in [3.05, 3.63) is 23.3 Å². The average Bonchev–Trinajstić information content (AvgIpc) is 2.17. The number of hydrogen-bond acceptors (Lipinski definition) is 4. The summed E-state index contributed by atoms with van der Waals surface area (Å²) in [6, 6.07) is 2.62. The predicted molar refractivity (Wildman–Crippen MR) is 68.7 cm³/mol. The fraction of sp³-hybridized carbons (Fsp3) is 0.333. The Morgan fingerprint density at radius 3 is 2.11 bits per heavy atom. The number of primary sulfonamides is 1. The predicted octanol–water partition coefficient (Wildman–Crippen LogP) is -0.180. The third kappa shape index (κ3) is 3.67. The van der Waals surface area contributed by atoms with Crippen LogP contribution in [0, 0.1) is 6.92 Å². The fourth-order valence-corrected chi connectivity index (χ4v) is 2.78. The van der Waals surface area contributed by atoms with Crippen LogP contribution in [-0.2, 0) is 26.7 Å². The first kappa shape index (κ1) is 14.9. The highest BCUT2D eigenvalue weighted by atomic mass is 32.2.